The highest BCUT2D eigenvalue weighted by Gasteiger charge is 2.27. The lowest BCUT2D eigenvalue weighted by atomic mass is 9.72. The molecule has 0 unspecified atom stereocenters. The van der Waals surface area contributed by atoms with Crippen LogP contribution in [0.15, 0.2) is 212 Å². The van der Waals surface area contributed by atoms with Gasteiger partial charge in [-0.2, -0.15) is 0 Å². The van der Waals surface area contributed by atoms with Gasteiger partial charge in [0.05, 0.1) is 0 Å². The Balaban J connectivity index is 0. The molecule has 470 valence electrons. The summed E-state index contributed by atoms with van der Waals surface area (Å²) in [6.45, 7) is 52.9. The summed E-state index contributed by atoms with van der Waals surface area (Å²) < 4.78 is 0. The third-order valence-electron chi connectivity index (χ3n) is 15.3. The van der Waals surface area contributed by atoms with Crippen molar-refractivity contribution in [3.63, 3.8) is 0 Å². The van der Waals surface area contributed by atoms with Gasteiger partial charge in [0.2, 0.25) is 0 Å². The molecule has 0 amide bonds. The number of carbonyl (C=O) groups excluding carboxylic acids is 1. The van der Waals surface area contributed by atoms with Crippen molar-refractivity contribution < 1.29 is 4.79 Å². The molecule has 0 aliphatic heterocycles. The molecule has 2 aliphatic rings. The highest BCUT2D eigenvalue weighted by molar-refractivity contribution is 5.87. The molecule has 0 saturated heterocycles. The summed E-state index contributed by atoms with van der Waals surface area (Å²) in [6, 6.07) is 0. The molecule has 84 heavy (non-hydrogen) atoms. The molecule has 2 rings (SSSR count). The average Bonchev–Trinajstić information content (AvgIpc) is 3.53. The van der Waals surface area contributed by atoms with Crippen molar-refractivity contribution in [3.8, 4) is 0 Å². The zero-order valence-electron chi connectivity index (χ0n) is 59.4. The number of carbonyl (C=O) groups is 1. The van der Waals surface area contributed by atoms with Crippen molar-refractivity contribution in [2.24, 2.45) is 28.6 Å². The summed E-state index contributed by atoms with van der Waals surface area (Å²) in [5.74, 6) is 2.43. The van der Waals surface area contributed by atoms with Gasteiger partial charge in [-0.3, -0.25) is 4.79 Å². The van der Waals surface area contributed by atoms with Gasteiger partial charge < -0.3 is 0 Å². The minimum absolute atomic E-state index is 0.145. The van der Waals surface area contributed by atoms with Crippen LogP contribution in [0, 0.1) is 28.6 Å². The summed E-state index contributed by atoms with van der Waals surface area (Å²) in [4.78, 5) is 11.0. The standard InChI is InChI=1S/C23H36.C22H36.C21H34O.C17H26/c1-18(2)13-14-19(3)10-8-11-20(4)15-16-22-21(5)12-9-17-23(22,6)7;1-18(2)12-9-7-8-10-13-19(3)15-16-21-20(4)14-11-17-22(21,5)6;1-17(2)10-7-11-18(3)12-8-13-19(4)14-9-15-20(5)16-21(6)22;1-6-7-8-10-16(4)11-9-12-17(5)14-13-15(2)3/h8,10-11,14-16,18H,9,12-13,17H2,1-7H3;8,10,13,15-16,18H,7,9,11-12,14,17H2,1-6H3;10,12,14,16H,7-9,11,13,15H2,1-6H3;6-12,14-15H,13H2,1-5H3/b10-8-,16-15+,19-14-,20-11+;10-8-,16-15+,19-13+;18-12+,19-14-,20-16+;7-6-,10-8+,12-9-,16-11+,17-14-. The Hall–Kier alpha value is -5.01. The van der Waals surface area contributed by atoms with Crippen molar-refractivity contribution in [2.45, 2.75) is 275 Å². The van der Waals surface area contributed by atoms with E-state index in [4.69, 9.17) is 0 Å². The molecule has 0 aromatic rings. The maximum Gasteiger partial charge on any atom is 0.152 e. The fraction of sp³-hybridized carbons (Fsp3) is 0.554. The van der Waals surface area contributed by atoms with E-state index < -0.39 is 0 Å². The number of rotatable bonds is 29. The smallest absolute Gasteiger partial charge is 0.152 e. The van der Waals surface area contributed by atoms with E-state index in [9.17, 15) is 4.79 Å². The van der Waals surface area contributed by atoms with Gasteiger partial charge >= 0.3 is 0 Å². The Morgan fingerprint density at radius 1 is 0.464 bits per heavy atom. The lowest BCUT2D eigenvalue weighted by molar-refractivity contribution is -0.112. The van der Waals surface area contributed by atoms with Crippen molar-refractivity contribution >= 4 is 5.78 Å². The quantitative estimate of drug-likeness (QED) is 0.0316. The number of unbranched alkanes of at least 4 members (excludes halogenated alkanes) is 1. The number of ketones is 1. The first-order chi connectivity index (χ1) is 39.4. The van der Waals surface area contributed by atoms with Gasteiger partial charge in [0, 0.05) is 0 Å². The van der Waals surface area contributed by atoms with Crippen LogP contribution in [0.4, 0.5) is 0 Å². The maximum atomic E-state index is 11.0. The van der Waals surface area contributed by atoms with Crippen molar-refractivity contribution in [2.75, 3.05) is 0 Å². The second-order valence-electron chi connectivity index (χ2n) is 27.4. The van der Waals surface area contributed by atoms with Crippen LogP contribution in [0.1, 0.15) is 275 Å². The second-order valence-corrected chi connectivity index (χ2v) is 27.4. The van der Waals surface area contributed by atoms with Crippen LogP contribution in [-0.4, -0.2) is 5.78 Å². The minimum Gasteiger partial charge on any atom is -0.295 e. The molecule has 1 nitrogen and oxygen atoms in total. The summed E-state index contributed by atoms with van der Waals surface area (Å²) in [5, 5.41) is 0. The zero-order chi connectivity index (χ0) is 64.1. The van der Waals surface area contributed by atoms with Crippen LogP contribution in [0.5, 0.6) is 0 Å². The Labute approximate surface area is 523 Å². The number of allylic oxidation sites excluding steroid dienone is 36. The van der Waals surface area contributed by atoms with Gasteiger partial charge in [0.15, 0.2) is 5.78 Å². The monoisotopic (exact) mass is 1150 g/mol. The summed E-state index contributed by atoms with van der Waals surface area (Å²) in [6.07, 6.45) is 71.1. The minimum atomic E-state index is 0.145. The molecule has 0 saturated carbocycles. The molecule has 0 fully saturated rings. The third-order valence-corrected chi connectivity index (χ3v) is 15.3. The Bertz CT molecular complexity index is 2460. The van der Waals surface area contributed by atoms with Crippen molar-refractivity contribution in [1.82, 2.24) is 0 Å². The topological polar surface area (TPSA) is 17.1 Å². The molecule has 0 N–H and O–H groups in total. The fourth-order valence-corrected chi connectivity index (χ4v) is 9.88. The molecule has 0 aromatic heterocycles. The second kappa shape index (κ2) is 48.1. The van der Waals surface area contributed by atoms with Crippen LogP contribution in [0.2, 0.25) is 0 Å². The Morgan fingerprint density at radius 2 is 0.869 bits per heavy atom. The lowest BCUT2D eigenvalue weighted by Crippen LogP contribution is -2.19. The van der Waals surface area contributed by atoms with Gasteiger partial charge in [-0.15, -0.1) is 0 Å². The highest BCUT2D eigenvalue weighted by atomic mass is 16.1. The molecular weight excluding hydrogens is 1010 g/mol. The fourth-order valence-electron chi connectivity index (χ4n) is 9.88. The summed E-state index contributed by atoms with van der Waals surface area (Å²) >= 11 is 0. The van der Waals surface area contributed by atoms with E-state index in [0.717, 1.165) is 62.7 Å². The number of hydrogen-bond acceptors (Lipinski definition) is 1. The predicted octanol–water partition coefficient (Wildman–Crippen LogP) is 27.3. The van der Waals surface area contributed by atoms with Crippen LogP contribution in [-0.2, 0) is 4.79 Å². The molecule has 0 atom stereocenters. The van der Waals surface area contributed by atoms with Crippen molar-refractivity contribution in [3.05, 3.63) is 212 Å². The summed E-state index contributed by atoms with van der Waals surface area (Å²) in [5.41, 5.74) is 19.0. The van der Waals surface area contributed by atoms with Crippen LogP contribution in [0.25, 0.3) is 0 Å². The van der Waals surface area contributed by atoms with E-state index >= 15 is 0 Å². The highest BCUT2D eigenvalue weighted by Crippen LogP contribution is 2.42. The average molecular weight is 1150 g/mol. The molecule has 0 aromatic carbocycles. The van der Waals surface area contributed by atoms with E-state index in [1.807, 2.05) is 26.0 Å². The van der Waals surface area contributed by atoms with Gasteiger partial charge in [-0.05, 0) is 245 Å². The van der Waals surface area contributed by atoms with E-state index in [0.29, 0.717) is 10.8 Å². The SMILES string of the molecule is CC(=O)/C=C(\C)CC/C=C(/C)CC/C=C(\C)CCC=C(C)C.CC1=C(/C=C/C(C)=C/C=C\C(C)=C/CC(C)C)C(C)(C)CCC1.CC1=C(/C=C/C(C)=C/C=C\CCCC(C)C)C(C)(C)CCC1.C\C=C/C=C/C(C)=C/C=C\C(C)=C/CC(C)C. The Kier molecular flexibility index (Phi) is 46.5. The first-order valence-electron chi connectivity index (χ1n) is 33.0. The van der Waals surface area contributed by atoms with Crippen LogP contribution >= 0.6 is 0 Å². The Morgan fingerprint density at radius 3 is 1.26 bits per heavy atom. The molecule has 0 spiro atoms. The van der Waals surface area contributed by atoms with Crippen LogP contribution < -0.4 is 0 Å². The zero-order valence-corrected chi connectivity index (χ0v) is 59.4. The predicted molar refractivity (Wildman–Crippen MR) is 386 cm³/mol. The van der Waals surface area contributed by atoms with Gasteiger partial charge in [-0.25, -0.2) is 0 Å². The molecule has 0 bridgehead atoms. The maximum absolute atomic E-state index is 11.0. The van der Waals surface area contributed by atoms with Crippen molar-refractivity contribution in [1.29, 1.82) is 0 Å². The molecule has 0 radical (unpaired) electrons. The third kappa shape index (κ3) is 47.3. The first-order valence-corrected chi connectivity index (χ1v) is 33.0. The molecular formula is C83H132O. The van der Waals surface area contributed by atoms with Gasteiger partial charge in [-0.1, -0.05) is 271 Å². The number of hydrogen-bond donors (Lipinski definition) is 0. The van der Waals surface area contributed by atoms with Gasteiger partial charge in [0.25, 0.3) is 0 Å². The van der Waals surface area contributed by atoms with Crippen LogP contribution in [0.3, 0.4) is 0 Å². The van der Waals surface area contributed by atoms with E-state index in [1.54, 1.807) is 29.7 Å². The first kappa shape index (κ1) is 81.1. The molecule has 2 aliphatic carbocycles. The van der Waals surface area contributed by atoms with E-state index in [2.05, 4.69) is 267 Å². The summed E-state index contributed by atoms with van der Waals surface area (Å²) in [7, 11) is 0. The van der Waals surface area contributed by atoms with E-state index in [1.165, 1.54) is 120 Å². The molecule has 0 heterocycles. The lowest BCUT2D eigenvalue weighted by Gasteiger charge is -2.33. The normalized spacial score (nSPS) is 17.3. The van der Waals surface area contributed by atoms with Gasteiger partial charge in [0.1, 0.15) is 0 Å². The van der Waals surface area contributed by atoms with E-state index in [-0.39, 0.29) is 5.78 Å². The largest absolute Gasteiger partial charge is 0.295 e. The molecule has 1 heteroatoms.